The molecule has 86 valence electrons. The smallest absolute Gasteiger partial charge is 0.317 e. The predicted molar refractivity (Wildman–Crippen MR) is 59.8 cm³/mol. The highest BCUT2D eigenvalue weighted by atomic mass is 16.2. The average molecular weight is 211 g/mol. The van der Waals surface area contributed by atoms with E-state index in [1.54, 1.807) is 0 Å². The number of nitrogens with one attached hydrogen (secondary N) is 1. The molecule has 4 nitrogen and oxygen atoms in total. The highest BCUT2D eigenvalue weighted by Gasteiger charge is 2.30. The highest BCUT2D eigenvalue weighted by molar-refractivity contribution is 5.75. The van der Waals surface area contributed by atoms with Crippen molar-refractivity contribution < 1.29 is 4.79 Å². The molecule has 2 amide bonds. The van der Waals surface area contributed by atoms with Crippen LogP contribution in [0.4, 0.5) is 4.79 Å². The summed E-state index contributed by atoms with van der Waals surface area (Å²) in [5, 5.41) is 2.96. The molecule has 1 unspecified atom stereocenters. The Bertz CT molecular complexity index is 236. The second-order valence-corrected chi connectivity index (χ2v) is 4.98. The summed E-state index contributed by atoms with van der Waals surface area (Å²) in [6.45, 7) is 6.19. The molecule has 0 radical (unpaired) electrons. The number of amides is 2. The first kappa shape index (κ1) is 10.7. The molecule has 0 aromatic rings. The van der Waals surface area contributed by atoms with Gasteiger partial charge in [-0.1, -0.05) is 6.92 Å². The molecule has 1 atom stereocenters. The first-order valence-corrected chi connectivity index (χ1v) is 5.90. The van der Waals surface area contributed by atoms with E-state index in [4.69, 9.17) is 0 Å². The molecule has 0 bridgehead atoms. The molecule has 2 aliphatic heterocycles. The summed E-state index contributed by atoms with van der Waals surface area (Å²) in [4.78, 5) is 16.1. The van der Waals surface area contributed by atoms with E-state index in [1.807, 2.05) is 4.90 Å². The van der Waals surface area contributed by atoms with Crippen LogP contribution in [0.2, 0.25) is 0 Å². The van der Waals surface area contributed by atoms with Crippen LogP contribution in [0.3, 0.4) is 0 Å². The Labute approximate surface area is 91.6 Å². The minimum atomic E-state index is 0.141. The summed E-state index contributed by atoms with van der Waals surface area (Å²) in [5.74, 6) is 0.586. The molecule has 0 aliphatic carbocycles. The van der Waals surface area contributed by atoms with Crippen molar-refractivity contribution in [2.24, 2.45) is 5.92 Å². The van der Waals surface area contributed by atoms with E-state index in [-0.39, 0.29) is 6.03 Å². The zero-order valence-corrected chi connectivity index (χ0v) is 9.70. The number of rotatable bonds is 1. The van der Waals surface area contributed by atoms with Gasteiger partial charge in [-0.2, -0.15) is 0 Å². The number of carbonyl (C=O) groups excluding carboxylic acids is 1. The topological polar surface area (TPSA) is 35.6 Å². The maximum absolute atomic E-state index is 11.7. The lowest BCUT2D eigenvalue weighted by Gasteiger charge is -2.41. The summed E-state index contributed by atoms with van der Waals surface area (Å²) in [5.41, 5.74) is 0. The van der Waals surface area contributed by atoms with E-state index in [0.717, 1.165) is 39.0 Å². The van der Waals surface area contributed by atoms with E-state index < -0.39 is 0 Å². The maximum Gasteiger partial charge on any atom is 0.317 e. The number of hydrogen-bond donors (Lipinski definition) is 1. The van der Waals surface area contributed by atoms with Crippen LogP contribution in [-0.2, 0) is 0 Å². The van der Waals surface area contributed by atoms with Crippen molar-refractivity contribution in [2.75, 3.05) is 33.2 Å². The minimum absolute atomic E-state index is 0.141. The lowest BCUT2D eigenvalue weighted by atomic mass is 10.0. The van der Waals surface area contributed by atoms with Crippen LogP contribution in [0.5, 0.6) is 0 Å². The molecule has 2 saturated heterocycles. The van der Waals surface area contributed by atoms with Crippen molar-refractivity contribution in [3.63, 3.8) is 0 Å². The summed E-state index contributed by atoms with van der Waals surface area (Å²) in [7, 11) is 2.15. The molecule has 1 N–H and O–H groups in total. The number of likely N-dealkylation sites (tertiary alicyclic amines) is 1. The number of urea groups is 1. The Morgan fingerprint density at radius 1 is 1.33 bits per heavy atom. The molecule has 2 heterocycles. The van der Waals surface area contributed by atoms with Gasteiger partial charge in [0.1, 0.15) is 0 Å². The number of nitrogens with zero attached hydrogens (tertiary/aromatic N) is 2. The molecular formula is C11H21N3O. The molecule has 15 heavy (non-hydrogen) atoms. The van der Waals surface area contributed by atoms with Crippen LogP contribution in [0.1, 0.15) is 19.8 Å². The zero-order valence-electron chi connectivity index (χ0n) is 9.70. The summed E-state index contributed by atoms with van der Waals surface area (Å²) in [6.07, 6.45) is 2.24. The van der Waals surface area contributed by atoms with Crippen LogP contribution >= 0.6 is 0 Å². The minimum Gasteiger partial charge on any atom is -0.338 e. The lowest BCUT2D eigenvalue weighted by Crippen LogP contribution is -2.56. The number of carbonyl (C=O) groups is 1. The zero-order chi connectivity index (χ0) is 10.8. The van der Waals surface area contributed by atoms with Gasteiger partial charge >= 0.3 is 6.03 Å². The van der Waals surface area contributed by atoms with Crippen molar-refractivity contribution in [2.45, 2.75) is 25.8 Å². The SMILES string of the molecule is CC1CNC(=O)N(C2CCN(C)CC2)C1. The molecule has 2 aliphatic rings. The standard InChI is InChI=1S/C11H21N3O/c1-9-7-12-11(15)14(8-9)10-3-5-13(2)6-4-10/h9-10H,3-8H2,1-2H3,(H,12,15). The summed E-state index contributed by atoms with van der Waals surface area (Å²) < 4.78 is 0. The number of piperidine rings is 1. The Morgan fingerprint density at radius 3 is 2.67 bits per heavy atom. The van der Waals surface area contributed by atoms with Gasteiger partial charge < -0.3 is 15.1 Å². The van der Waals surface area contributed by atoms with Crippen LogP contribution in [0, 0.1) is 5.92 Å². The average Bonchev–Trinajstić information content (AvgIpc) is 2.23. The normalized spacial score (nSPS) is 30.4. The molecule has 0 saturated carbocycles. The quantitative estimate of drug-likeness (QED) is 0.694. The third kappa shape index (κ3) is 2.43. The third-order valence-electron chi connectivity index (χ3n) is 3.50. The Balaban J connectivity index is 1.93. The third-order valence-corrected chi connectivity index (χ3v) is 3.50. The van der Waals surface area contributed by atoms with Gasteiger partial charge in [0.05, 0.1) is 0 Å². The maximum atomic E-state index is 11.7. The van der Waals surface area contributed by atoms with Crippen molar-refractivity contribution in [1.29, 1.82) is 0 Å². The monoisotopic (exact) mass is 211 g/mol. The fourth-order valence-corrected chi connectivity index (χ4v) is 2.47. The van der Waals surface area contributed by atoms with Crippen LogP contribution in [0.25, 0.3) is 0 Å². The molecule has 2 fully saturated rings. The van der Waals surface area contributed by atoms with Crippen LogP contribution in [0.15, 0.2) is 0 Å². The van der Waals surface area contributed by atoms with Crippen LogP contribution in [-0.4, -0.2) is 55.1 Å². The second-order valence-electron chi connectivity index (χ2n) is 4.98. The number of hydrogen-bond acceptors (Lipinski definition) is 2. The van der Waals surface area contributed by atoms with Crippen molar-refractivity contribution >= 4 is 6.03 Å². The van der Waals surface area contributed by atoms with Crippen LogP contribution < -0.4 is 5.32 Å². The molecular weight excluding hydrogens is 190 g/mol. The van der Waals surface area contributed by atoms with Gasteiger partial charge in [0.2, 0.25) is 0 Å². The predicted octanol–water partition coefficient (Wildman–Crippen LogP) is 0.742. The summed E-state index contributed by atoms with van der Waals surface area (Å²) >= 11 is 0. The largest absolute Gasteiger partial charge is 0.338 e. The second kappa shape index (κ2) is 4.39. The van der Waals surface area contributed by atoms with Crippen molar-refractivity contribution in [3.8, 4) is 0 Å². The van der Waals surface area contributed by atoms with Gasteiger partial charge in [-0.05, 0) is 38.9 Å². The fraction of sp³-hybridized carbons (Fsp3) is 0.909. The van der Waals surface area contributed by atoms with Gasteiger partial charge in [0.15, 0.2) is 0 Å². The Kier molecular flexibility index (Phi) is 3.14. The van der Waals surface area contributed by atoms with E-state index >= 15 is 0 Å². The fourth-order valence-electron chi connectivity index (χ4n) is 2.47. The lowest BCUT2D eigenvalue weighted by molar-refractivity contribution is 0.108. The molecule has 2 rings (SSSR count). The first-order chi connectivity index (χ1) is 7.16. The van der Waals surface area contributed by atoms with Gasteiger partial charge in [-0.3, -0.25) is 0 Å². The molecule has 0 aromatic carbocycles. The van der Waals surface area contributed by atoms with Gasteiger partial charge in [-0.25, -0.2) is 4.79 Å². The summed E-state index contributed by atoms with van der Waals surface area (Å²) in [6, 6.07) is 0.603. The highest BCUT2D eigenvalue weighted by Crippen LogP contribution is 2.19. The van der Waals surface area contributed by atoms with Gasteiger partial charge in [0, 0.05) is 19.1 Å². The van der Waals surface area contributed by atoms with Crippen molar-refractivity contribution in [3.05, 3.63) is 0 Å². The van der Waals surface area contributed by atoms with Gasteiger partial charge in [-0.15, -0.1) is 0 Å². The Hall–Kier alpha value is -0.770. The van der Waals surface area contributed by atoms with E-state index in [2.05, 4.69) is 24.2 Å². The van der Waals surface area contributed by atoms with Gasteiger partial charge in [0.25, 0.3) is 0 Å². The first-order valence-electron chi connectivity index (χ1n) is 5.90. The Morgan fingerprint density at radius 2 is 2.00 bits per heavy atom. The van der Waals surface area contributed by atoms with E-state index in [1.165, 1.54) is 0 Å². The van der Waals surface area contributed by atoms with E-state index in [0.29, 0.717) is 12.0 Å². The molecule has 0 spiro atoms. The molecule has 4 heteroatoms. The van der Waals surface area contributed by atoms with E-state index in [9.17, 15) is 4.79 Å². The molecule has 0 aromatic heterocycles. The van der Waals surface area contributed by atoms with Crippen molar-refractivity contribution in [1.82, 2.24) is 15.1 Å².